The van der Waals surface area contributed by atoms with Crippen molar-refractivity contribution in [2.75, 3.05) is 19.6 Å². The van der Waals surface area contributed by atoms with Gasteiger partial charge in [-0.25, -0.2) is 4.79 Å². The lowest BCUT2D eigenvalue weighted by atomic mass is 10.0. The molecule has 3 rings (SSSR count). The first-order valence-electron chi connectivity index (χ1n) is 15.0. The second-order valence-electron chi connectivity index (χ2n) is 12.0. The van der Waals surface area contributed by atoms with Crippen LogP contribution in [0.15, 0.2) is 23.3 Å². The summed E-state index contributed by atoms with van der Waals surface area (Å²) in [6.07, 6.45) is 5.47. The Hall–Kier alpha value is -4.12. The second kappa shape index (κ2) is 15.9. The fraction of sp³-hybridized carbons (Fsp3) is 0.633. The van der Waals surface area contributed by atoms with Crippen LogP contribution in [0.5, 0.6) is 0 Å². The van der Waals surface area contributed by atoms with Crippen LogP contribution in [0, 0.1) is 0 Å². The molecule has 1 fully saturated rings. The molecule has 234 valence electrons. The third kappa shape index (κ3) is 10.6. The molecule has 0 bridgehead atoms. The minimum absolute atomic E-state index is 0.0436. The number of imide groups is 1. The summed E-state index contributed by atoms with van der Waals surface area (Å²) < 4.78 is 5.49. The molecule has 13 heteroatoms. The van der Waals surface area contributed by atoms with E-state index >= 15 is 0 Å². The summed E-state index contributed by atoms with van der Waals surface area (Å²) in [6.45, 7) is 7.47. The van der Waals surface area contributed by atoms with Gasteiger partial charge in [-0.1, -0.05) is 36.5 Å². The summed E-state index contributed by atoms with van der Waals surface area (Å²) >= 11 is 0. The number of piperidine rings is 1. The van der Waals surface area contributed by atoms with Crippen LogP contribution >= 0.6 is 0 Å². The standard InChI is InChI=1S/C30H43N7O6/c1-30(2,3)43-29(42)36(17-9-15-33-35-31)16-8-6-4-5-7-10-25(38)32-19-21-11-12-23-22(18-21)20-37(28(23)41)24-13-14-26(39)34-27(24)40/h11-12,18,24H,4-10,13-17,19-20H2,1-3H3,(H,32,38)(H,34,39,40). The minimum Gasteiger partial charge on any atom is -0.444 e. The van der Waals surface area contributed by atoms with E-state index in [1.807, 2.05) is 32.9 Å². The highest BCUT2D eigenvalue weighted by atomic mass is 16.6. The quantitative estimate of drug-likeness (QED) is 0.1000. The number of nitrogens with one attached hydrogen (secondary N) is 2. The van der Waals surface area contributed by atoms with Gasteiger partial charge in [-0.05, 0) is 69.2 Å². The normalized spacial score (nSPS) is 16.3. The fourth-order valence-electron chi connectivity index (χ4n) is 5.14. The van der Waals surface area contributed by atoms with Crippen molar-refractivity contribution < 1.29 is 28.7 Å². The number of amides is 5. The van der Waals surface area contributed by atoms with Crippen LogP contribution in [0.1, 0.15) is 100 Å². The zero-order valence-corrected chi connectivity index (χ0v) is 25.4. The smallest absolute Gasteiger partial charge is 0.410 e. The van der Waals surface area contributed by atoms with Gasteiger partial charge in [0.1, 0.15) is 11.6 Å². The number of benzene rings is 1. The summed E-state index contributed by atoms with van der Waals surface area (Å²) in [5.41, 5.74) is 10.1. The predicted octanol–water partition coefficient (Wildman–Crippen LogP) is 4.34. The average molecular weight is 598 g/mol. The summed E-state index contributed by atoms with van der Waals surface area (Å²) in [5.74, 6) is -1.02. The number of carbonyl (C=O) groups excluding carboxylic acids is 5. The Bertz CT molecular complexity index is 1240. The number of hydrogen-bond donors (Lipinski definition) is 2. The second-order valence-corrected chi connectivity index (χ2v) is 12.0. The lowest BCUT2D eigenvalue weighted by Crippen LogP contribution is -2.52. The van der Waals surface area contributed by atoms with Crippen molar-refractivity contribution in [3.8, 4) is 0 Å². The number of carbonyl (C=O) groups is 5. The molecule has 2 aliphatic rings. The number of fused-ring (bicyclic) bond motifs is 1. The summed E-state index contributed by atoms with van der Waals surface area (Å²) in [5, 5.41) is 8.77. The zero-order valence-electron chi connectivity index (χ0n) is 25.4. The number of nitrogens with zero attached hydrogens (tertiary/aromatic N) is 5. The zero-order chi connectivity index (χ0) is 31.4. The Balaban J connectivity index is 1.33. The number of azide groups is 1. The van der Waals surface area contributed by atoms with Gasteiger partial charge in [0.15, 0.2) is 0 Å². The lowest BCUT2D eigenvalue weighted by Gasteiger charge is -2.29. The molecular formula is C30H43N7O6. The number of rotatable bonds is 15. The van der Waals surface area contributed by atoms with Crippen LogP contribution < -0.4 is 10.6 Å². The molecule has 0 radical (unpaired) electrons. The molecular weight excluding hydrogens is 554 g/mol. The van der Waals surface area contributed by atoms with Crippen molar-refractivity contribution in [1.29, 1.82) is 0 Å². The third-order valence-corrected chi connectivity index (χ3v) is 7.31. The lowest BCUT2D eigenvalue weighted by molar-refractivity contribution is -0.137. The van der Waals surface area contributed by atoms with E-state index in [2.05, 4.69) is 20.7 Å². The Kier molecular flexibility index (Phi) is 12.4. The van der Waals surface area contributed by atoms with E-state index in [0.717, 1.165) is 43.2 Å². The topological polar surface area (TPSA) is 174 Å². The molecule has 1 saturated heterocycles. The Labute approximate surface area is 252 Å². The molecule has 0 aromatic heterocycles. The summed E-state index contributed by atoms with van der Waals surface area (Å²) in [6, 6.07) is 4.77. The third-order valence-electron chi connectivity index (χ3n) is 7.31. The molecule has 1 aromatic carbocycles. The first-order valence-corrected chi connectivity index (χ1v) is 15.0. The highest BCUT2D eigenvalue weighted by Gasteiger charge is 2.39. The molecule has 2 aliphatic heterocycles. The van der Waals surface area contributed by atoms with E-state index in [-0.39, 0.29) is 30.2 Å². The predicted molar refractivity (Wildman–Crippen MR) is 158 cm³/mol. The van der Waals surface area contributed by atoms with Crippen molar-refractivity contribution in [3.05, 3.63) is 45.3 Å². The van der Waals surface area contributed by atoms with Crippen molar-refractivity contribution in [2.24, 2.45) is 5.11 Å². The van der Waals surface area contributed by atoms with Gasteiger partial charge in [0.05, 0.1) is 0 Å². The first kappa shape index (κ1) is 33.4. The molecule has 1 aromatic rings. The van der Waals surface area contributed by atoms with E-state index in [1.165, 1.54) is 4.90 Å². The SMILES string of the molecule is CC(C)(C)OC(=O)N(CCCCCCCC(=O)NCc1ccc2c(c1)CN(C1CCC(=O)NC1=O)C2=O)CCCN=[N+]=[N-]. The van der Waals surface area contributed by atoms with Crippen LogP contribution in [0.4, 0.5) is 4.79 Å². The van der Waals surface area contributed by atoms with E-state index in [4.69, 9.17) is 10.3 Å². The Morgan fingerprint density at radius 3 is 2.56 bits per heavy atom. The van der Waals surface area contributed by atoms with Gasteiger partial charge in [-0.2, -0.15) is 0 Å². The summed E-state index contributed by atoms with van der Waals surface area (Å²) in [4.78, 5) is 67.4. The van der Waals surface area contributed by atoms with Crippen LogP contribution in [-0.2, 0) is 32.2 Å². The maximum Gasteiger partial charge on any atom is 0.410 e. The van der Waals surface area contributed by atoms with E-state index < -0.39 is 17.6 Å². The number of unbranched alkanes of at least 4 members (excludes halogenated alkanes) is 4. The van der Waals surface area contributed by atoms with Gasteiger partial charge in [0.25, 0.3) is 5.91 Å². The minimum atomic E-state index is -0.653. The van der Waals surface area contributed by atoms with Crippen LogP contribution in [0.25, 0.3) is 10.4 Å². The van der Waals surface area contributed by atoms with Gasteiger partial charge in [0, 0.05) is 56.0 Å². The van der Waals surface area contributed by atoms with E-state index in [0.29, 0.717) is 57.5 Å². The number of ether oxygens (including phenoxy) is 1. The first-order chi connectivity index (χ1) is 20.5. The molecule has 1 atom stereocenters. The van der Waals surface area contributed by atoms with Gasteiger partial charge in [-0.3, -0.25) is 24.5 Å². The molecule has 5 amide bonds. The van der Waals surface area contributed by atoms with Crippen LogP contribution in [-0.4, -0.2) is 70.8 Å². The average Bonchev–Trinajstić information content (AvgIpc) is 3.26. The highest BCUT2D eigenvalue weighted by Crippen LogP contribution is 2.28. The van der Waals surface area contributed by atoms with Crippen LogP contribution in [0.2, 0.25) is 0 Å². The molecule has 13 nitrogen and oxygen atoms in total. The van der Waals surface area contributed by atoms with Gasteiger partial charge in [-0.15, -0.1) is 0 Å². The largest absolute Gasteiger partial charge is 0.444 e. The summed E-state index contributed by atoms with van der Waals surface area (Å²) in [7, 11) is 0. The van der Waals surface area contributed by atoms with Gasteiger partial charge >= 0.3 is 6.09 Å². The molecule has 0 spiro atoms. The van der Waals surface area contributed by atoms with Gasteiger partial charge in [0.2, 0.25) is 17.7 Å². The van der Waals surface area contributed by atoms with Crippen molar-refractivity contribution in [2.45, 2.75) is 103 Å². The monoisotopic (exact) mass is 597 g/mol. The Morgan fingerprint density at radius 2 is 1.84 bits per heavy atom. The maximum atomic E-state index is 12.8. The molecule has 2 N–H and O–H groups in total. The van der Waals surface area contributed by atoms with Crippen molar-refractivity contribution in [1.82, 2.24) is 20.4 Å². The molecule has 0 saturated carbocycles. The molecule has 43 heavy (non-hydrogen) atoms. The Morgan fingerprint density at radius 1 is 1.12 bits per heavy atom. The van der Waals surface area contributed by atoms with Crippen molar-refractivity contribution >= 4 is 29.7 Å². The fourth-order valence-corrected chi connectivity index (χ4v) is 5.14. The van der Waals surface area contributed by atoms with Crippen molar-refractivity contribution in [3.63, 3.8) is 0 Å². The maximum absolute atomic E-state index is 12.8. The van der Waals surface area contributed by atoms with E-state index in [1.54, 1.807) is 11.0 Å². The number of hydrogen-bond acceptors (Lipinski definition) is 7. The molecule has 1 unspecified atom stereocenters. The van der Waals surface area contributed by atoms with E-state index in [9.17, 15) is 24.0 Å². The highest BCUT2D eigenvalue weighted by molar-refractivity contribution is 6.05. The van der Waals surface area contributed by atoms with Crippen LogP contribution in [0.3, 0.4) is 0 Å². The molecule has 2 heterocycles. The molecule has 0 aliphatic carbocycles. The van der Waals surface area contributed by atoms with Gasteiger partial charge < -0.3 is 19.9 Å².